The van der Waals surface area contributed by atoms with Gasteiger partial charge in [-0.3, -0.25) is 0 Å². The Hall–Kier alpha value is -2.94. The van der Waals surface area contributed by atoms with Gasteiger partial charge in [-0.1, -0.05) is 59.7 Å². The Morgan fingerprint density at radius 1 is 0.739 bits per heavy atom. The molecular weight excluding hydrogens is 282 g/mol. The lowest BCUT2D eigenvalue weighted by atomic mass is 10.1. The predicted molar refractivity (Wildman–Crippen MR) is 93.3 cm³/mol. The molecule has 0 aliphatic carbocycles. The summed E-state index contributed by atoms with van der Waals surface area (Å²) < 4.78 is 1.89. The highest BCUT2D eigenvalue weighted by molar-refractivity contribution is 5.71. The first-order valence-electron chi connectivity index (χ1n) is 7.69. The average molecular weight is 299 g/mol. The first-order valence-corrected chi connectivity index (χ1v) is 7.69. The summed E-state index contributed by atoms with van der Waals surface area (Å²) in [4.78, 5) is 4.74. The van der Waals surface area contributed by atoms with Crippen LogP contribution in [0.2, 0.25) is 0 Å². The number of fused-ring (bicyclic) bond motifs is 1. The van der Waals surface area contributed by atoms with Gasteiger partial charge in [0.15, 0.2) is 5.65 Å². The second-order valence-corrected chi connectivity index (χ2v) is 5.86. The van der Waals surface area contributed by atoms with Crippen molar-refractivity contribution in [1.29, 1.82) is 0 Å². The van der Waals surface area contributed by atoms with Crippen molar-refractivity contribution in [1.82, 2.24) is 14.6 Å². The summed E-state index contributed by atoms with van der Waals surface area (Å²) in [6.45, 7) is 4.19. The molecule has 2 heterocycles. The van der Waals surface area contributed by atoms with Crippen molar-refractivity contribution in [2.45, 2.75) is 13.8 Å². The Morgan fingerprint density at radius 2 is 1.35 bits per heavy atom. The van der Waals surface area contributed by atoms with Gasteiger partial charge in [0.2, 0.25) is 0 Å². The molecule has 0 amide bonds. The molecule has 0 bridgehead atoms. The van der Waals surface area contributed by atoms with E-state index in [0.29, 0.717) is 0 Å². The van der Waals surface area contributed by atoms with Gasteiger partial charge in [0.25, 0.3) is 0 Å². The maximum Gasteiger partial charge on any atom is 0.156 e. The molecule has 2 aromatic heterocycles. The summed E-state index contributed by atoms with van der Waals surface area (Å²) >= 11 is 0. The number of benzene rings is 2. The van der Waals surface area contributed by atoms with Gasteiger partial charge in [0.05, 0.1) is 17.6 Å². The van der Waals surface area contributed by atoms with Gasteiger partial charge in [-0.25, -0.2) is 9.50 Å². The van der Waals surface area contributed by atoms with Crippen LogP contribution in [0.15, 0.2) is 66.9 Å². The zero-order chi connectivity index (χ0) is 15.8. The third-order valence-electron chi connectivity index (χ3n) is 4.05. The van der Waals surface area contributed by atoms with E-state index >= 15 is 0 Å². The molecule has 0 spiro atoms. The number of aromatic nitrogens is 3. The van der Waals surface area contributed by atoms with Crippen molar-refractivity contribution >= 4 is 5.65 Å². The topological polar surface area (TPSA) is 30.2 Å². The third kappa shape index (κ3) is 2.50. The van der Waals surface area contributed by atoms with Crippen LogP contribution in [-0.4, -0.2) is 14.6 Å². The van der Waals surface area contributed by atoms with Crippen molar-refractivity contribution < 1.29 is 0 Å². The van der Waals surface area contributed by atoms with E-state index < -0.39 is 0 Å². The Kier molecular flexibility index (Phi) is 3.19. The Bertz CT molecular complexity index is 964. The van der Waals surface area contributed by atoms with Gasteiger partial charge in [-0.15, -0.1) is 0 Å². The van der Waals surface area contributed by atoms with E-state index in [4.69, 9.17) is 4.98 Å². The maximum atomic E-state index is 4.74. The Morgan fingerprint density at radius 3 is 2.00 bits per heavy atom. The van der Waals surface area contributed by atoms with E-state index in [1.165, 1.54) is 11.1 Å². The normalized spacial score (nSPS) is 11.0. The number of hydrogen-bond donors (Lipinski definition) is 0. The number of nitrogens with zero attached hydrogens (tertiary/aromatic N) is 3. The molecule has 0 saturated carbocycles. The SMILES string of the molecule is Cc1ccc(-c2cc(-c3ccc(C)cc3)n3nccc3n2)cc1. The van der Waals surface area contributed by atoms with Gasteiger partial charge in [-0.2, -0.15) is 5.10 Å². The molecule has 3 nitrogen and oxygen atoms in total. The van der Waals surface area contributed by atoms with E-state index in [-0.39, 0.29) is 0 Å². The molecule has 4 aromatic rings. The van der Waals surface area contributed by atoms with Crippen LogP contribution in [0.5, 0.6) is 0 Å². The van der Waals surface area contributed by atoms with Crippen LogP contribution >= 0.6 is 0 Å². The maximum absolute atomic E-state index is 4.74. The lowest BCUT2D eigenvalue weighted by Gasteiger charge is -2.09. The smallest absolute Gasteiger partial charge is 0.156 e. The molecule has 112 valence electrons. The second-order valence-electron chi connectivity index (χ2n) is 5.86. The third-order valence-corrected chi connectivity index (χ3v) is 4.05. The van der Waals surface area contributed by atoms with Crippen LogP contribution in [0.3, 0.4) is 0 Å². The lowest BCUT2D eigenvalue weighted by Crippen LogP contribution is -1.98. The summed E-state index contributed by atoms with van der Waals surface area (Å²) in [6.07, 6.45) is 1.79. The number of rotatable bonds is 2. The molecular formula is C20H17N3. The zero-order valence-corrected chi connectivity index (χ0v) is 13.2. The molecule has 4 rings (SSSR count). The van der Waals surface area contributed by atoms with Crippen molar-refractivity contribution in [3.8, 4) is 22.5 Å². The van der Waals surface area contributed by atoms with Crippen molar-refractivity contribution in [2.24, 2.45) is 0 Å². The number of aryl methyl sites for hydroxylation is 2. The van der Waals surface area contributed by atoms with E-state index in [1.54, 1.807) is 6.20 Å². The van der Waals surface area contributed by atoms with Crippen LogP contribution in [0.1, 0.15) is 11.1 Å². The van der Waals surface area contributed by atoms with Gasteiger partial charge >= 0.3 is 0 Å². The van der Waals surface area contributed by atoms with Gasteiger partial charge in [0.1, 0.15) is 0 Å². The highest BCUT2D eigenvalue weighted by Crippen LogP contribution is 2.26. The fourth-order valence-corrected chi connectivity index (χ4v) is 2.72. The molecule has 3 heteroatoms. The predicted octanol–water partition coefficient (Wildman–Crippen LogP) is 4.68. The molecule has 0 atom stereocenters. The fourth-order valence-electron chi connectivity index (χ4n) is 2.72. The molecule has 0 fully saturated rings. The summed E-state index contributed by atoms with van der Waals surface area (Å²) in [5, 5.41) is 4.42. The lowest BCUT2D eigenvalue weighted by molar-refractivity contribution is 0.949. The molecule has 2 aromatic carbocycles. The average Bonchev–Trinajstić information content (AvgIpc) is 3.04. The second kappa shape index (κ2) is 5.36. The quantitative estimate of drug-likeness (QED) is 0.538. The van der Waals surface area contributed by atoms with Gasteiger partial charge < -0.3 is 0 Å². The molecule has 0 radical (unpaired) electrons. The minimum atomic E-state index is 0.860. The van der Waals surface area contributed by atoms with E-state index in [1.807, 2.05) is 10.6 Å². The minimum absolute atomic E-state index is 0.860. The van der Waals surface area contributed by atoms with E-state index in [2.05, 4.69) is 73.5 Å². The van der Waals surface area contributed by atoms with Crippen molar-refractivity contribution in [3.63, 3.8) is 0 Å². The van der Waals surface area contributed by atoms with Crippen molar-refractivity contribution in [3.05, 3.63) is 78.0 Å². The van der Waals surface area contributed by atoms with Crippen LogP contribution in [0.4, 0.5) is 0 Å². The van der Waals surface area contributed by atoms with Gasteiger partial charge in [-0.05, 0) is 19.9 Å². The molecule has 23 heavy (non-hydrogen) atoms. The van der Waals surface area contributed by atoms with Gasteiger partial charge in [0, 0.05) is 17.2 Å². The summed E-state index contributed by atoms with van der Waals surface area (Å²) in [5.74, 6) is 0. The van der Waals surface area contributed by atoms with Crippen molar-refractivity contribution in [2.75, 3.05) is 0 Å². The summed E-state index contributed by atoms with van der Waals surface area (Å²) in [6, 6.07) is 21.0. The summed E-state index contributed by atoms with van der Waals surface area (Å²) in [7, 11) is 0. The molecule has 0 aliphatic heterocycles. The first-order chi connectivity index (χ1) is 11.2. The minimum Gasteiger partial charge on any atom is -0.228 e. The molecule has 0 saturated heterocycles. The highest BCUT2D eigenvalue weighted by atomic mass is 15.2. The molecule has 0 unspecified atom stereocenters. The monoisotopic (exact) mass is 299 g/mol. The van der Waals surface area contributed by atoms with E-state index in [9.17, 15) is 0 Å². The molecule has 0 aliphatic rings. The van der Waals surface area contributed by atoms with Crippen LogP contribution in [0, 0.1) is 13.8 Å². The van der Waals surface area contributed by atoms with Crippen LogP contribution < -0.4 is 0 Å². The highest BCUT2D eigenvalue weighted by Gasteiger charge is 2.10. The van der Waals surface area contributed by atoms with Crippen LogP contribution in [0.25, 0.3) is 28.2 Å². The Labute approximate surface area is 135 Å². The fraction of sp³-hybridized carbons (Fsp3) is 0.100. The zero-order valence-electron chi connectivity index (χ0n) is 13.2. The molecule has 0 N–H and O–H groups in total. The van der Waals surface area contributed by atoms with E-state index in [0.717, 1.165) is 28.2 Å². The summed E-state index contributed by atoms with van der Waals surface area (Å²) in [5.41, 5.74) is 7.63. The van der Waals surface area contributed by atoms with Crippen LogP contribution in [-0.2, 0) is 0 Å². The Balaban J connectivity index is 1.94. The number of hydrogen-bond acceptors (Lipinski definition) is 2. The standard InChI is InChI=1S/C20H17N3/c1-14-3-7-16(8-4-14)18-13-19(17-9-5-15(2)6-10-17)23-20(22-18)11-12-21-23/h3-13H,1-2H3. The first kappa shape index (κ1) is 13.7. The largest absolute Gasteiger partial charge is 0.228 e.